The van der Waals surface area contributed by atoms with E-state index in [0.717, 1.165) is 19.3 Å². The maximum Gasteiger partial charge on any atom is 0.239 e. The lowest BCUT2D eigenvalue weighted by molar-refractivity contribution is 0.138. The molecule has 0 bridgehead atoms. The van der Waals surface area contributed by atoms with Crippen LogP contribution < -0.4 is 16.2 Å². The fraction of sp³-hybridized carbons (Fsp3) is 0.636. The van der Waals surface area contributed by atoms with E-state index in [1.165, 1.54) is 0 Å². The SMILES string of the molecule is CN1CCN(c2nc(NN)ncc2F)CC1(C)C. The number of rotatable bonds is 2. The maximum atomic E-state index is 13.8. The molecule has 7 heteroatoms. The van der Waals surface area contributed by atoms with Crippen LogP contribution in [0.3, 0.4) is 0 Å². The molecule has 3 N–H and O–H groups in total. The summed E-state index contributed by atoms with van der Waals surface area (Å²) in [4.78, 5) is 12.0. The van der Waals surface area contributed by atoms with Gasteiger partial charge in [0.25, 0.3) is 0 Å². The minimum absolute atomic E-state index is 0.0219. The maximum absolute atomic E-state index is 13.8. The molecule has 1 aromatic rings. The van der Waals surface area contributed by atoms with E-state index in [-0.39, 0.29) is 11.5 Å². The van der Waals surface area contributed by atoms with E-state index < -0.39 is 5.82 Å². The number of nitrogens with one attached hydrogen (secondary N) is 1. The third kappa shape index (κ3) is 2.37. The first-order chi connectivity index (χ1) is 8.44. The molecule has 2 rings (SSSR count). The molecule has 0 aromatic carbocycles. The molecule has 0 atom stereocenters. The molecule has 6 nitrogen and oxygen atoms in total. The molecule has 1 aliphatic heterocycles. The van der Waals surface area contributed by atoms with Crippen molar-refractivity contribution < 1.29 is 4.39 Å². The van der Waals surface area contributed by atoms with Gasteiger partial charge in [-0.2, -0.15) is 4.98 Å². The Morgan fingerprint density at radius 3 is 2.78 bits per heavy atom. The van der Waals surface area contributed by atoms with Crippen molar-refractivity contribution in [3.8, 4) is 0 Å². The van der Waals surface area contributed by atoms with Crippen molar-refractivity contribution in [2.24, 2.45) is 5.84 Å². The Balaban J connectivity index is 2.26. The van der Waals surface area contributed by atoms with Gasteiger partial charge in [-0.1, -0.05) is 0 Å². The largest absolute Gasteiger partial charge is 0.351 e. The Bertz CT molecular complexity index is 436. The topological polar surface area (TPSA) is 70.3 Å². The van der Waals surface area contributed by atoms with Crippen molar-refractivity contribution in [2.45, 2.75) is 19.4 Å². The lowest BCUT2D eigenvalue weighted by atomic mass is 10.00. The predicted molar refractivity (Wildman–Crippen MR) is 68.7 cm³/mol. The first kappa shape index (κ1) is 13.0. The van der Waals surface area contributed by atoms with E-state index in [1.807, 2.05) is 4.90 Å². The number of hydrogen-bond donors (Lipinski definition) is 2. The van der Waals surface area contributed by atoms with E-state index in [2.05, 4.69) is 41.2 Å². The minimum Gasteiger partial charge on any atom is -0.351 e. The van der Waals surface area contributed by atoms with Crippen LogP contribution in [0.4, 0.5) is 16.2 Å². The van der Waals surface area contributed by atoms with E-state index >= 15 is 0 Å². The summed E-state index contributed by atoms with van der Waals surface area (Å²) in [7, 11) is 2.07. The number of hydrogen-bond acceptors (Lipinski definition) is 6. The van der Waals surface area contributed by atoms with Gasteiger partial charge in [0.05, 0.1) is 6.20 Å². The normalized spacial score (nSPS) is 19.9. The van der Waals surface area contributed by atoms with Gasteiger partial charge in [-0.25, -0.2) is 15.2 Å². The molecule has 0 aliphatic carbocycles. The van der Waals surface area contributed by atoms with Crippen LogP contribution in [0.2, 0.25) is 0 Å². The second-order valence-corrected chi connectivity index (χ2v) is 5.17. The van der Waals surface area contributed by atoms with Crippen LogP contribution in [-0.2, 0) is 0 Å². The van der Waals surface area contributed by atoms with Crippen LogP contribution in [0.5, 0.6) is 0 Å². The number of hydrazine groups is 1. The highest BCUT2D eigenvalue weighted by Gasteiger charge is 2.32. The summed E-state index contributed by atoms with van der Waals surface area (Å²) in [6, 6.07) is 0. The molecule has 1 aliphatic rings. The van der Waals surface area contributed by atoms with Crippen molar-refractivity contribution in [1.82, 2.24) is 14.9 Å². The van der Waals surface area contributed by atoms with Crippen LogP contribution in [0.15, 0.2) is 6.20 Å². The van der Waals surface area contributed by atoms with Gasteiger partial charge in [-0.05, 0) is 20.9 Å². The molecule has 100 valence electrons. The quantitative estimate of drug-likeness (QED) is 0.589. The fourth-order valence-electron chi connectivity index (χ4n) is 2.07. The summed E-state index contributed by atoms with van der Waals surface area (Å²) in [5, 5.41) is 0. The number of halogens is 1. The first-order valence-corrected chi connectivity index (χ1v) is 5.89. The Hall–Kier alpha value is -1.47. The second-order valence-electron chi connectivity index (χ2n) is 5.17. The Labute approximate surface area is 106 Å². The second kappa shape index (κ2) is 4.66. The number of anilines is 2. The highest BCUT2D eigenvalue weighted by atomic mass is 19.1. The summed E-state index contributed by atoms with van der Waals surface area (Å²) >= 11 is 0. The summed E-state index contributed by atoms with van der Waals surface area (Å²) in [6.45, 7) is 6.56. The number of nitrogen functional groups attached to an aromatic ring is 1. The van der Waals surface area contributed by atoms with Crippen molar-refractivity contribution >= 4 is 11.8 Å². The average molecular weight is 254 g/mol. The molecule has 0 unspecified atom stereocenters. The zero-order valence-corrected chi connectivity index (χ0v) is 10.9. The predicted octanol–water partition coefficient (Wildman–Crippen LogP) is 0.432. The van der Waals surface area contributed by atoms with Crippen LogP contribution in [-0.4, -0.2) is 47.1 Å². The van der Waals surface area contributed by atoms with Crippen LogP contribution in [0.1, 0.15) is 13.8 Å². The Morgan fingerprint density at radius 1 is 1.44 bits per heavy atom. The molecule has 1 aromatic heterocycles. The van der Waals surface area contributed by atoms with Gasteiger partial charge in [0.2, 0.25) is 5.95 Å². The lowest BCUT2D eigenvalue weighted by Gasteiger charge is -2.45. The van der Waals surface area contributed by atoms with Gasteiger partial charge >= 0.3 is 0 Å². The number of piperazine rings is 1. The summed E-state index contributed by atoms with van der Waals surface area (Å²) < 4.78 is 13.8. The van der Waals surface area contributed by atoms with E-state index in [0.29, 0.717) is 12.4 Å². The summed E-state index contributed by atoms with van der Waals surface area (Å²) in [5.74, 6) is 5.36. The van der Waals surface area contributed by atoms with Crippen molar-refractivity contribution in [3.05, 3.63) is 12.0 Å². The third-order valence-corrected chi connectivity index (χ3v) is 3.47. The fourth-order valence-corrected chi connectivity index (χ4v) is 2.07. The summed E-state index contributed by atoms with van der Waals surface area (Å²) in [6.07, 6.45) is 1.14. The monoisotopic (exact) mass is 254 g/mol. The van der Waals surface area contributed by atoms with Gasteiger partial charge in [-0.15, -0.1) is 0 Å². The van der Waals surface area contributed by atoms with Crippen LogP contribution in [0, 0.1) is 5.82 Å². The lowest BCUT2D eigenvalue weighted by Crippen LogP contribution is -2.58. The van der Waals surface area contributed by atoms with Gasteiger partial charge < -0.3 is 4.90 Å². The van der Waals surface area contributed by atoms with Crippen LogP contribution in [0.25, 0.3) is 0 Å². The smallest absolute Gasteiger partial charge is 0.239 e. The number of aromatic nitrogens is 2. The van der Waals surface area contributed by atoms with Gasteiger partial charge in [-0.3, -0.25) is 10.3 Å². The standard InChI is InChI=1S/C11H19FN6/c1-11(2)7-18(5-4-17(11)3)9-8(12)6-14-10(15-9)16-13/h6H,4-5,7,13H2,1-3H3,(H,14,15,16). The molecular weight excluding hydrogens is 235 g/mol. The van der Waals surface area contributed by atoms with Crippen molar-refractivity contribution in [1.29, 1.82) is 0 Å². The Morgan fingerprint density at radius 2 is 2.17 bits per heavy atom. The van der Waals surface area contributed by atoms with Crippen molar-refractivity contribution in [2.75, 3.05) is 37.0 Å². The zero-order valence-electron chi connectivity index (χ0n) is 10.9. The molecule has 2 heterocycles. The minimum atomic E-state index is -0.422. The van der Waals surface area contributed by atoms with Crippen LogP contribution >= 0.6 is 0 Å². The molecular formula is C11H19FN6. The highest BCUT2D eigenvalue weighted by Crippen LogP contribution is 2.25. The summed E-state index contributed by atoms with van der Waals surface area (Å²) in [5.41, 5.74) is 2.32. The molecule has 1 fully saturated rings. The first-order valence-electron chi connectivity index (χ1n) is 5.89. The van der Waals surface area contributed by atoms with E-state index in [9.17, 15) is 4.39 Å². The molecule has 0 radical (unpaired) electrons. The van der Waals surface area contributed by atoms with E-state index in [4.69, 9.17) is 5.84 Å². The van der Waals surface area contributed by atoms with Gasteiger partial charge in [0, 0.05) is 25.2 Å². The Kier molecular flexibility index (Phi) is 3.36. The number of nitrogens with zero attached hydrogens (tertiary/aromatic N) is 4. The van der Waals surface area contributed by atoms with Crippen molar-refractivity contribution in [3.63, 3.8) is 0 Å². The zero-order chi connectivity index (χ0) is 13.3. The highest BCUT2D eigenvalue weighted by molar-refractivity contribution is 5.44. The number of likely N-dealkylation sites (N-methyl/N-ethyl adjacent to an activating group) is 1. The van der Waals surface area contributed by atoms with E-state index in [1.54, 1.807) is 0 Å². The molecule has 1 saturated heterocycles. The average Bonchev–Trinajstić information content (AvgIpc) is 2.33. The molecule has 0 spiro atoms. The van der Waals surface area contributed by atoms with Gasteiger partial charge in [0.1, 0.15) is 0 Å². The van der Waals surface area contributed by atoms with Gasteiger partial charge in [0.15, 0.2) is 11.6 Å². The molecule has 0 amide bonds. The molecule has 18 heavy (non-hydrogen) atoms. The number of nitrogens with two attached hydrogens (primary N) is 1. The third-order valence-electron chi connectivity index (χ3n) is 3.47. The molecule has 0 saturated carbocycles.